The molecular weight excluding hydrogens is 234 g/mol. The molecule has 1 rings (SSSR count). The summed E-state index contributed by atoms with van der Waals surface area (Å²) in [6.07, 6.45) is 2.88. The van der Waals surface area contributed by atoms with Gasteiger partial charge in [0.25, 0.3) is 6.43 Å². The number of rotatable bonds is 4. The van der Waals surface area contributed by atoms with Crippen molar-refractivity contribution in [3.8, 4) is 0 Å². The first-order valence-corrected chi connectivity index (χ1v) is 7.02. The van der Waals surface area contributed by atoms with Crippen LogP contribution in [0, 0.1) is 11.3 Å². The van der Waals surface area contributed by atoms with E-state index in [0.717, 1.165) is 25.7 Å². The predicted molar refractivity (Wildman–Crippen MR) is 71.8 cm³/mol. The normalized spacial score (nSPS) is 30.5. The van der Waals surface area contributed by atoms with Gasteiger partial charge in [-0.25, -0.2) is 8.78 Å². The quantitative estimate of drug-likeness (QED) is 0.764. The molecule has 0 amide bonds. The molecule has 0 aromatic heterocycles. The number of nitrogens with one attached hydrogen (secondary N) is 1. The molecule has 2 nitrogen and oxygen atoms in total. The molecule has 2 unspecified atom stereocenters. The van der Waals surface area contributed by atoms with Crippen LogP contribution in [0.15, 0.2) is 0 Å². The lowest BCUT2D eigenvalue weighted by molar-refractivity contribution is 0.124. The van der Waals surface area contributed by atoms with Crippen molar-refractivity contribution in [3.05, 3.63) is 0 Å². The highest BCUT2D eigenvalue weighted by Gasteiger charge is 2.35. The van der Waals surface area contributed by atoms with Crippen LogP contribution < -0.4 is 11.1 Å². The average molecular weight is 262 g/mol. The fourth-order valence-corrected chi connectivity index (χ4v) is 3.02. The van der Waals surface area contributed by atoms with Crippen LogP contribution in [0.2, 0.25) is 0 Å². The molecule has 4 heteroatoms. The Morgan fingerprint density at radius 2 is 1.94 bits per heavy atom. The number of alkyl halides is 2. The van der Waals surface area contributed by atoms with Crippen LogP contribution in [0.1, 0.15) is 52.9 Å². The highest BCUT2D eigenvalue weighted by atomic mass is 19.3. The van der Waals surface area contributed by atoms with Crippen molar-refractivity contribution >= 4 is 0 Å². The summed E-state index contributed by atoms with van der Waals surface area (Å²) in [5.74, 6) is 0.666. The molecule has 1 saturated carbocycles. The molecule has 18 heavy (non-hydrogen) atoms. The maximum absolute atomic E-state index is 12.4. The zero-order valence-corrected chi connectivity index (χ0v) is 11.9. The Morgan fingerprint density at radius 1 is 1.28 bits per heavy atom. The molecule has 108 valence electrons. The molecule has 1 fully saturated rings. The van der Waals surface area contributed by atoms with E-state index in [9.17, 15) is 8.78 Å². The lowest BCUT2D eigenvalue weighted by Gasteiger charge is -2.34. The Morgan fingerprint density at radius 3 is 2.44 bits per heavy atom. The van der Waals surface area contributed by atoms with Crippen LogP contribution >= 0.6 is 0 Å². The molecule has 0 radical (unpaired) electrons. The average Bonchev–Trinajstić information content (AvgIpc) is 2.49. The third kappa shape index (κ3) is 4.47. The third-order valence-corrected chi connectivity index (χ3v) is 4.43. The maximum Gasteiger partial charge on any atom is 0.250 e. The second kappa shape index (κ2) is 6.29. The van der Waals surface area contributed by atoms with Crippen LogP contribution in [0.25, 0.3) is 0 Å². The van der Waals surface area contributed by atoms with Crippen LogP contribution in [-0.2, 0) is 0 Å². The molecular formula is C14H28F2N2. The molecule has 3 N–H and O–H groups in total. The number of halogens is 2. The van der Waals surface area contributed by atoms with Gasteiger partial charge in [-0.2, -0.15) is 0 Å². The summed E-state index contributed by atoms with van der Waals surface area (Å²) in [5, 5.41) is 3.02. The van der Waals surface area contributed by atoms with Gasteiger partial charge in [0.2, 0.25) is 0 Å². The van der Waals surface area contributed by atoms with Gasteiger partial charge < -0.3 is 11.1 Å². The fourth-order valence-electron chi connectivity index (χ4n) is 3.02. The van der Waals surface area contributed by atoms with Gasteiger partial charge in [-0.1, -0.05) is 27.2 Å². The van der Waals surface area contributed by atoms with E-state index in [1.807, 2.05) is 0 Å². The van der Waals surface area contributed by atoms with E-state index in [-0.39, 0.29) is 12.1 Å². The largest absolute Gasteiger partial charge is 0.329 e. The minimum absolute atomic E-state index is 0.239. The molecule has 0 spiro atoms. The molecule has 0 heterocycles. The molecule has 0 aromatic rings. The molecule has 0 aromatic carbocycles. The van der Waals surface area contributed by atoms with Gasteiger partial charge in [0.05, 0.1) is 6.54 Å². The smallest absolute Gasteiger partial charge is 0.250 e. The van der Waals surface area contributed by atoms with Crippen LogP contribution in [0.4, 0.5) is 8.78 Å². The molecule has 1 aliphatic rings. The monoisotopic (exact) mass is 262 g/mol. The molecule has 0 bridgehead atoms. The van der Waals surface area contributed by atoms with E-state index in [0.29, 0.717) is 17.9 Å². The van der Waals surface area contributed by atoms with Gasteiger partial charge in [0, 0.05) is 12.1 Å². The van der Waals surface area contributed by atoms with Crippen LogP contribution in [0.3, 0.4) is 0 Å². The van der Waals surface area contributed by atoms with Gasteiger partial charge in [0.1, 0.15) is 0 Å². The van der Waals surface area contributed by atoms with Gasteiger partial charge in [-0.05, 0) is 37.0 Å². The number of nitrogens with two attached hydrogens (primary N) is 1. The summed E-state index contributed by atoms with van der Waals surface area (Å²) in [6.45, 7) is 7.01. The van der Waals surface area contributed by atoms with Crippen molar-refractivity contribution < 1.29 is 8.78 Å². The number of hydrogen-bond donors (Lipinski definition) is 2. The summed E-state index contributed by atoms with van der Waals surface area (Å²) in [6, 6.07) is 0. The lowest BCUT2D eigenvalue weighted by atomic mass is 9.76. The van der Waals surface area contributed by atoms with Crippen LogP contribution in [0.5, 0.6) is 0 Å². The van der Waals surface area contributed by atoms with E-state index in [4.69, 9.17) is 5.73 Å². The first-order valence-electron chi connectivity index (χ1n) is 7.02. The Balaban J connectivity index is 2.61. The van der Waals surface area contributed by atoms with E-state index in [1.54, 1.807) is 0 Å². The van der Waals surface area contributed by atoms with E-state index < -0.39 is 6.43 Å². The fraction of sp³-hybridized carbons (Fsp3) is 1.00. The Hall–Kier alpha value is -0.220. The van der Waals surface area contributed by atoms with Gasteiger partial charge >= 0.3 is 0 Å². The third-order valence-electron chi connectivity index (χ3n) is 4.43. The highest BCUT2D eigenvalue weighted by molar-refractivity contribution is 4.93. The zero-order chi connectivity index (χ0) is 13.8. The van der Waals surface area contributed by atoms with Crippen molar-refractivity contribution in [2.24, 2.45) is 17.1 Å². The van der Waals surface area contributed by atoms with E-state index in [2.05, 4.69) is 26.1 Å². The van der Waals surface area contributed by atoms with Crippen molar-refractivity contribution in [2.75, 3.05) is 13.1 Å². The van der Waals surface area contributed by atoms with E-state index >= 15 is 0 Å². The minimum atomic E-state index is -2.30. The molecule has 0 saturated heterocycles. The SMILES string of the molecule is CC(C)(C)C1CCCC(CN)(NCC(F)F)CC1. The first-order chi connectivity index (χ1) is 8.29. The van der Waals surface area contributed by atoms with Crippen molar-refractivity contribution in [3.63, 3.8) is 0 Å². The molecule has 2 atom stereocenters. The van der Waals surface area contributed by atoms with Gasteiger partial charge in [-0.3, -0.25) is 0 Å². The summed E-state index contributed by atoms with van der Waals surface area (Å²) in [4.78, 5) is 0. The van der Waals surface area contributed by atoms with Gasteiger partial charge in [-0.15, -0.1) is 0 Å². The standard InChI is InChI=1S/C14H28F2N2/c1-13(2,3)11-5-4-7-14(10-17,8-6-11)18-9-12(15)16/h11-12,18H,4-10,17H2,1-3H3. The van der Waals surface area contributed by atoms with Crippen molar-refractivity contribution in [1.82, 2.24) is 5.32 Å². The lowest BCUT2D eigenvalue weighted by Crippen LogP contribution is -2.52. The summed E-state index contributed by atoms with van der Waals surface area (Å²) in [7, 11) is 0. The summed E-state index contributed by atoms with van der Waals surface area (Å²) < 4.78 is 24.7. The topological polar surface area (TPSA) is 38.0 Å². The zero-order valence-electron chi connectivity index (χ0n) is 11.9. The second-order valence-electron chi connectivity index (χ2n) is 6.75. The molecule has 0 aliphatic heterocycles. The van der Waals surface area contributed by atoms with Crippen LogP contribution in [-0.4, -0.2) is 25.1 Å². The predicted octanol–water partition coefficient (Wildman–Crippen LogP) is 3.17. The first kappa shape index (κ1) is 15.8. The Kier molecular flexibility index (Phi) is 5.53. The second-order valence-corrected chi connectivity index (χ2v) is 6.75. The maximum atomic E-state index is 12.4. The summed E-state index contributed by atoms with van der Waals surface area (Å²) >= 11 is 0. The van der Waals surface area contributed by atoms with Crippen molar-refractivity contribution in [2.45, 2.75) is 64.8 Å². The Bertz CT molecular complexity index is 251. The summed E-state index contributed by atoms with van der Waals surface area (Å²) in [5.41, 5.74) is 5.87. The Labute approximate surface area is 110 Å². The van der Waals surface area contributed by atoms with E-state index in [1.165, 1.54) is 6.42 Å². The number of hydrogen-bond acceptors (Lipinski definition) is 2. The van der Waals surface area contributed by atoms with Gasteiger partial charge in [0.15, 0.2) is 0 Å². The minimum Gasteiger partial charge on any atom is -0.329 e. The highest BCUT2D eigenvalue weighted by Crippen LogP contribution is 2.39. The molecule has 1 aliphatic carbocycles. The van der Waals surface area contributed by atoms with Crippen molar-refractivity contribution in [1.29, 1.82) is 0 Å².